The first-order chi connectivity index (χ1) is 14.5. The molecule has 0 radical (unpaired) electrons. The number of hydrogen-bond acceptors (Lipinski definition) is 4. The number of amides is 1. The van der Waals surface area contributed by atoms with Crippen molar-refractivity contribution in [1.82, 2.24) is 9.62 Å². The molecule has 1 saturated carbocycles. The van der Waals surface area contributed by atoms with Gasteiger partial charge in [-0.2, -0.15) is 0 Å². The molecule has 31 heavy (non-hydrogen) atoms. The lowest BCUT2D eigenvalue weighted by atomic mass is 9.51. The van der Waals surface area contributed by atoms with E-state index in [-0.39, 0.29) is 28.9 Å². The summed E-state index contributed by atoms with van der Waals surface area (Å²) in [7, 11) is -0.291. The van der Waals surface area contributed by atoms with Gasteiger partial charge >= 0.3 is 0 Å². The Hall–Kier alpha value is -1.44. The quantitative estimate of drug-likeness (QED) is 0.767. The molecule has 1 saturated heterocycles. The lowest BCUT2D eigenvalue weighted by Crippen LogP contribution is -2.65. The molecule has 2 fully saturated rings. The highest BCUT2D eigenvalue weighted by Gasteiger charge is 2.57. The van der Waals surface area contributed by atoms with Gasteiger partial charge in [0, 0.05) is 31.0 Å². The Morgan fingerprint density at radius 2 is 1.84 bits per heavy atom. The van der Waals surface area contributed by atoms with Crippen LogP contribution in [0.3, 0.4) is 0 Å². The number of sulfonamides is 1. The smallest absolute Gasteiger partial charge is 0.240 e. The topological polar surface area (TPSA) is 75.7 Å². The van der Waals surface area contributed by atoms with E-state index in [2.05, 4.69) is 30.4 Å². The first-order valence-corrected chi connectivity index (χ1v) is 12.9. The molecule has 4 rings (SSSR count). The third-order valence-corrected chi connectivity index (χ3v) is 10.2. The molecule has 0 aromatic heterocycles. The molecule has 7 heteroatoms. The van der Waals surface area contributed by atoms with E-state index < -0.39 is 10.0 Å². The average molecular weight is 449 g/mol. The maximum absolute atomic E-state index is 13.6. The second kappa shape index (κ2) is 7.85. The van der Waals surface area contributed by atoms with Gasteiger partial charge < -0.3 is 9.64 Å². The lowest BCUT2D eigenvalue weighted by molar-refractivity contribution is -0.150. The lowest BCUT2D eigenvalue weighted by Gasteiger charge is -2.61. The average Bonchev–Trinajstić information content (AvgIpc) is 2.75. The summed E-state index contributed by atoms with van der Waals surface area (Å²) < 4.78 is 32.7. The Kier molecular flexibility index (Phi) is 5.76. The Bertz CT molecular complexity index is 966. The molecule has 1 heterocycles. The van der Waals surface area contributed by atoms with Crippen molar-refractivity contribution >= 4 is 15.9 Å². The monoisotopic (exact) mass is 448 g/mol. The van der Waals surface area contributed by atoms with Gasteiger partial charge in [-0.1, -0.05) is 26.8 Å². The number of carbonyl (C=O) groups is 1. The van der Waals surface area contributed by atoms with Gasteiger partial charge in [0.15, 0.2) is 0 Å². The predicted molar refractivity (Wildman–Crippen MR) is 120 cm³/mol. The maximum atomic E-state index is 13.6. The molecule has 1 N–H and O–H groups in total. The van der Waals surface area contributed by atoms with Gasteiger partial charge in [0.1, 0.15) is 0 Å². The summed E-state index contributed by atoms with van der Waals surface area (Å²) in [5, 5.41) is 0. The minimum absolute atomic E-state index is 0.0936. The summed E-state index contributed by atoms with van der Waals surface area (Å²) in [6.07, 6.45) is 5.62. The van der Waals surface area contributed by atoms with E-state index in [0.717, 1.165) is 50.6 Å². The van der Waals surface area contributed by atoms with Gasteiger partial charge in [-0.05, 0) is 74.2 Å². The highest BCUT2D eigenvalue weighted by Crippen LogP contribution is 2.56. The number of likely N-dealkylation sites (tertiary alicyclic amines) is 1. The van der Waals surface area contributed by atoms with Gasteiger partial charge in [-0.3, -0.25) is 4.79 Å². The summed E-state index contributed by atoms with van der Waals surface area (Å²) in [4.78, 5) is 16.0. The molecular formula is C24H36N2O4S. The molecule has 1 aromatic rings. The minimum atomic E-state index is -3.49. The number of nitrogens with zero attached hydrogens (tertiary/aromatic N) is 1. The van der Waals surface area contributed by atoms with Gasteiger partial charge in [0.2, 0.25) is 15.9 Å². The molecule has 0 spiro atoms. The van der Waals surface area contributed by atoms with E-state index in [1.165, 1.54) is 12.6 Å². The fourth-order valence-corrected chi connectivity index (χ4v) is 6.97. The highest BCUT2D eigenvalue weighted by molar-refractivity contribution is 7.89. The molecule has 2 atom stereocenters. The van der Waals surface area contributed by atoms with Crippen molar-refractivity contribution in [2.75, 3.05) is 20.7 Å². The van der Waals surface area contributed by atoms with Crippen molar-refractivity contribution in [3.63, 3.8) is 0 Å². The van der Waals surface area contributed by atoms with Crippen molar-refractivity contribution in [2.24, 2.45) is 11.3 Å². The molecule has 2 bridgehead atoms. The van der Waals surface area contributed by atoms with Crippen LogP contribution < -0.4 is 4.72 Å². The molecule has 1 aliphatic heterocycles. The summed E-state index contributed by atoms with van der Waals surface area (Å²) in [6.45, 7) is 7.48. The first kappa shape index (κ1) is 22.7. The summed E-state index contributed by atoms with van der Waals surface area (Å²) in [6, 6.07) is 5.64. The summed E-state index contributed by atoms with van der Waals surface area (Å²) in [5.41, 5.74) is 1.95. The van der Waals surface area contributed by atoms with Crippen LogP contribution in [0.25, 0.3) is 0 Å². The third kappa shape index (κ3) is 3.53. The molecule has 3 aliphatic rings. The Balaban J connectivity index is 1.66. The van der Waals surface area contributed by atoms with Crippen LogP contribution in [0.5, 0.6) is 0 Å². The fourth-order valence-electron chi connectivity index (χ4n) is 6.21. The molecule has 1 amide bonds. The normalized spacial score (nSPS) is 32.4. The van der Waals surface area contributed by atoms with Gasteiger partial charge in [-0.15, -0.1) is 0 Å². The second-order valence-electron chi connectivity index (χ2n) is 10.3. The number of ether oxygens (including phenoxy) is 1. The van der Waals surface area contributed by atoms with Gasteiger partial charge in [0.25, 0.3) is 0 Å². The van der Waals surface area contributed by atoms with E-state index in [9.17, 15) is 13.2 Å². The Morgan fingerprint density at radius 3 is 2.45 bits per heavy atom. The zero-order valence-corrected chi connectivity index (χ0v) is 20.2. The molecule has 0 unspecified atom stereocenters. The number of methoxy groups -OCH3 is 1. The van der Waals surface area contributed by atoms with Crippen LogP contribution in [0.4, 0.5) is 0 Å². The zero-order chi connectivity index (χ0) is 22.6. The van der Waals surface area contributed by atoms with E-state index >= 15 is 0 Å². The van der Waals surface area contributed by atoms with Crippen molar-refractivity contribution in [2.45, 2.75) is 81.8 Å². The summed E-state index contributed by atoms with van der Waals surface area (Å²) >= 11 is 0. The van der Waals surface area contributed by atoms with Crippen LogP contribution in [-0.4, -0.2) is 52.1 Å². The number of carbonyl (C=O) groups excluding carboxylic acids is 1. The Morgan fingerprint density at radius 1 is 1.16 bits per heavy atom. The summed E-state index contributed by atoms with van der Waals surface area (Å²) in [5.74, 6) is 0.392. The highest BCUT2D eigenvalue weighted by atomic mass is 32.2. The molecule has 6 nitrogen and oxygen atoms in total. The van der Waals surface area contributed by atoms with E-state index in [1.807, 2.05) is 12.1 Å². The zero-order valence-electron chi connectivity index (χ0n) is 19.4. The van der Waals surface area contributed by atoms with Crippen LogP contribution in [0.15, 0.2) is 23.1 Å². The SMILES string of the molecule is CNS(=O)(=O)c1ccc2c(c1)[C@]1(C)CCN(C(=O)C3CCC(OC)CC3)[C@H](C2)C1(C)C. The second-order valence-corrected chi connectivity index (χ2v) is 12.2. The van der Waals surface area contributed by atoms with E-state index in [1.54, 1.807) is 13.2 Å². The minimum Gasteiger partial charge on any atom is -0.381 e. The molecule has 2 aliphatic carbocycles. The van der Waals surface area contributed by atoms with Crippen molar-refractivity contribution in [3.05, 3.63) is 29.3 Å². The molecule has 1 aromatic carbocycles. The van der Waals surface area contributed by atoms with Gasteiger partial charge in [-0.25, -0.2) is 13.1 Å². The number of rotatable bonds is 4. The van der Waals surface area contributed by atoms with Gasteiger partial charge in [0.05, 0.1) is 11.0 Å². The van der Waals surface area contributed by atoms with Crippen molar-refractivity contribution < 1.29 is 17.9 Å². The van der Waals surface area contributed by atoms with Crippen LogP contribution in [-0.2, 0) is 31.4 Å². The number of benzene rings is 1. The number of nitrogens with one attached hydrogen (secondary N) is 1. The van der Waals surface area contributed by atoms with Crippen LogP contribution >= 0.6 is 0 Å². The maximum Gasteiger partial charge on any atom is 0.240 e. The third-order valence-electron chi connectivity index (χ3n) is 8.79. The van der Waals surface area contributed by atoms with Crippen LogP contribution in [0, 0.1) is 11.3 Å². The molecular weight excluding hydrogens is 412 g/mol. The van der Waals surface area contributed by atoms with Crippen molar-refractivity contribution in [3.8, 4) is 0 Å². The number of fused-ring (bicyclic) bond motifs is 4. The fraction of sp³-hybridized carbons (Fsp3) is 0.708. The Labute approximate surface area is 186 Å². The molecule has 172 valence electrons. The van der Waals surface area contributed by atoms with Crippen LogP contribution in [0.2, 0.25) is 0 Å². The van der Waals surface area contributed by atoms with Crippen molar-refractivity contribution in [1.29, 1.82) is 0 Å². The largest absolute Gasteiger partial charge is 0.381 e. The standard InChI is InChI=1S/C24H36N2O4S/c1-23(2)21-14-17-8-11-19(31(28,29)25-4)15-20(17)24(23,3)12-13-26(21)22(27)16-6-9-18(30-5)10-7-16/h8,11,15-16,18,21,25H,6-7,9-10,12-14H2,1-5H3/t16?,18?,21-,24+/m1/s1. The number of hydrogen-bond donors (Lipinski definition) is 1. The van der Waals surface area contributed by atoms with Crippen LogP contribution in [0.1, 0.15) is 64.0 Å². The predicted octanol–water partition coefficient (Wildman–Crippen LogP) is 3.24. The number of piperidine rings is 1. The van der Waals surface area contributed by atoms with E-state index in [4.69, 9.17) is 4.74 Å². The van der Waals surface area contributed by atoms with E-state index in [0.29, 0.717) is 10.8 Å². The first-order valence-electron chi connectivity index (χ1n) is 11.5.